The fraction of sp³-hybridized carbons (Fsp3) is 0.533. The minimum atomic E-state index is 0.0455. The van der Waals surface area contributed by atoms with Crippen LogP contribution >= 0.6 is 0 Å². The second-order valence-electron chi connectivity index (χ2n) is 5.16. The Balaban J connectivity index is 1.76. The monoisotopic (exact) mass is 277 g/mol. The van der Waals surface area contributed by atoms with E-state index in [2.05, 4.69) is 17.1 Å². The van der Waals surface area contributed by atoms with E-state index in [9.17, 15) is 4.79 Å². The van der Waals surface area contributed by atoms with E-state index >= 15 is 0 Å². The number of morpholine rings is 1. The van der Waals surface area contributed by atoms with Crippen molar-refractivity contribution in [3.8, 4) is 0 Å². The average Bonchev–Trinajstić information content (AvgIpc) is 2.47. The van der Waals surface area contributed by atoms with E-state index in [1.807, 2.05) is 24.3 Å². The van der Waals surface area contributed by atoms with Gasteiger partial charge in [-0.1, -0.05) is 12.1 Å². The summed E-state index contributed by atoms with van der Waals surface area (Å²) in [4.78, 5) is 14.2. The predicted octanol–water partition coefficient (Wildman–Crippen LogP) is 1.19. The molecule has 1 saturated heterocycles. The Morgan fingerprint density at radius 3 is 2.85 bits per heavy atom. The summed E-state index contributed by atoms with van der Waals surface area (Å²) in [5.74, 6) is 0.0455. The molecule has 0 spiro atoms. The Bertz CT molecular complexity index is 433. The molecular weight excluding hydrogens is 254 g/mol. The summed E-state index contributed by atoms with van der Waals surface area (Å²) in [6.45, 7) is 5.83. The maximum Gasteiger partial charge on any atom is 0.225 e. The van der Waals surface area contributed by atoms with Gasteiger partial charge in [-0.2, -0.15) is 0 Å². The van der Waals surface area contributed by atoms with Gasteiger partial charge in [-0.25, -0.2) is 0 Å². The normalized spacial score (nSPS) is 19.8. The molecule has 5 nitrogen and oxygen atoms in total. The Labute approximate surface area is 120 Å². The largest absolute Gasteiger partial charge is 0.379 e. The molecule has 1 fully saturated rings. The van der Waals surface area contributed by atoms with Crippen LogP contribution in [0.25, 0.3) is 0 Å². The van der Waals surface area contributed by atoms with Gasteiger partial charge in [-0.3, -0.25) is 9.69 Å². The number of amides is 1. The molecule has 0 radical (unpaired) electrons. The summed E-state index contributed by atoms with van der Waals surface area (Å²) in [6.07, 6.45) is 0.503. The van der Waals surface area contributed by atoms with Crippen LogP contribution in [0.15, 0.2) is 24.3 Å². The van der Waals surface area contributed by atoms with Crippen molar-refractivity contribution >= 4 is 11.6 Å². The lowest BCUT2D eigenvalue weighted by Crippen LogP contribution is -2.44. The van der Waals surface area contributed by atoms with Gasteiger partial charge in [-0.05, 0) is 24.6 Å². The molecule has 0 saturated carbocycles. The Hall–Kier alpha value is -1.43. The van der Waals surface area contributed by atoms with E-state index in [0.29, 0.717) is 19.0 Å². The number of hydrogen-bond donors (Lipinski definition) is 2. The molecule has 20 heavy (non-hydrogen) atoms. The van der Waals surface area contributed by atoms with Gasteiger partial charge in [0.05, 0.1) is 13.2 Å². The second-order valence-corrected chi connectivity index (χ2v) is 5.16. The van der Waals surface area contributed by atoms with Crippen molar-refractivity contribution in [3.05, 3.63) is 29.8 Å². The molecular formula is C15H23N3O2. The van der Waals surface area contributed by atoms with E-state index in [-0.39, 0.29) is 5.91 Å². The lowest BCUT2D eigenvalue weighted by Gasteiger charge is -2.32. The van der Waals surface area contributed by atoms with Crippen molar-refractivity contribution in [2.75, 3.05) is 31.6 Å². The number of ether oxygens (including phenoxy) is 1. The SMILES string of the molecule is CC1COCCN1CCC(=O)Nc1ccc(CN)cc1. The molecule has 1 aliphatic heterocycles. The van der Waals surface area contributed by atoms with Crippen molar-refractivity contribution in [1.82, 2.24) is 4.90 Å². The van der Waals surface area contributed by atoms with Gasteiger partial charge in [0.15, 0.2) is 0 Å². The molecule has 2 rings (SSSR count). The summed E-state index contributed by atoms with van der Waals surface area (Å²) in [7, 11) is 0. The number of hydrogen-bond acceptors (Lipinski definition) is 4. The first-order valence-corrected chi connectivity index (χ1v) is 7.09. The van der Waals surface area contributed by atoms with E-state index in [1.54, 1.807) is 0 Å². The number of benzene rings is 1. The Morgan fingerprint density at radius 2 is 2.20 bits per heavy atom. The third kappa shape index (κ3) is 4.30. The summed E-state index contributed by atoms with van der Waals surface area (Å²) in [5, 5.41) is 2.91. The molecule has 1 atom stereocenters. The molecule has 0 bridgehead atoms. The highest BCUT2D eigenvalue weighted by Crippen LogP contribution is 2.10. The molecule has 1 amide bonds. The van der Waals surface area contributed by atoms with Crippen LogP contribution in [0.1, 0.15) is 18.9 Å². The van der Waals surface area contributed by atoms with Crippen LogP contribution in [0.3, 0.4) is 0 Å². The van der Waals surface area contributed by atoms with Gasteiger partial charge < -0.3 is 15.8 Å². The highest BCUT2D eigenvalue weighted by molar-refractivity contribution is 5.90. The molecule has 1 aromatic rings. The van der Waals surface area contributed by atoms with Crippen molar-refractivity contribution in [1.29, 1.82) is 0 Å². The number of rotatable bonds is 5. The first kappa shape index (κ1) is 15.0. The molecule has 1 unspecified atom stereocenters. The second kappa shape index (κ2) is 7.38. The van der Waals surface area contributed by atoms with Crippen molar-refractivity contribution in [2.24, 2.45) is 5.73 Å². The minimum absolute atomic E-state index is 0.0455. The summed E-state index contributed by atoms with van der Waals surface area (Å²) in [6, 6.07) is 8.02. The molecule has 1 heterocycles. The zero-order valence-electron chi connectivity index (χ0n) is 12.0. The lowest BCUT2D eigenvalue weighted by molar-refractivity contribution is -0.117. The fourth-order valence-electron chi connectivity index (χ4n) is 2.29. The summed E-state index contributed by atoms with van der Waals surface area (Å²) >= 11 is 0. The number of nitrogens with one attached hydrogen (secondary N) is 1. The first-order valence-electron chi connectivity index (χ1n) is 7.09. The fourth-order valence-corrected chi connectivity index (χ4v) is 2.29. The van der Waals surface area contributed by atoms with Crippen LogP contribution in [-0.4, -0.2) is 43.2 Å². The molecule has 1 aromatic carbocycles. The van der Waals surface area contributed by atoms with Gasteiger partial charge in [0.1, 0.15) is 0 Å². The molecule has 3 N–H and O–H groups in total. The minimum Gasteiger partial charge on any atom is -0.379 e. The van der Waals surface area contributed by atoms with Crippen LogP contribution < -0.4 is 11.1 Å². The smallest absolute Gasteiger partial charge is 0.225 e. The maximum atomic E-state index is 11.9. The third-order valence-electron chi connectivity index (χ3n) is 3.60. The van der Waals surface area contributed by atoms with Gasteiger partial charge >= 0.3 is 0 Å². The summed E-state index contributed by atoms with van der Waals surface area (Å²) in [5.41, 5.74) is 7.42. The molecule has 5 heteroatoms. The van der Waals surface area contributed by atoms with Crippen LogP contribution in [0.4, 0.5) is 5.69 Å². The number of carbonyl (C=O) groups is 1. The third-order valence-corrected chi connectivity index (χ3v) is 3.60. The van der Waals surface area contributed by atoms with Gasteiger partial charge in [0.2, 0.25) is 5.91 Å². The van der Waals surface area contributed by atoms with Crippen LogP contribution in [0, 0.1) is 0 Å². The highest BCUT2D eigenvalue weighted by atomic mass is 16.5. The number of nitrogens with two attached hydrogens (primary N) is 1. The first-order chi connectivity index (χ1) is 9.69. The standard InChI is InChI=1S/C15H23N3O2/c1-12-11-20-9-8-18(12)7-6-15(19)17-14-4-2-13(10-16)3-5-14/h2-5,12H,6-11,16H2,1H3,(H,17,19). The maximum absolute atomic E-state index is 11.9. The van der Waals surface area contributed by atoms with Crippen LogP contribution in [0.5, 0.6) is 0 Å². The van der Waals surface area contributed by atoms with E-state index in [4.69, 9.17) is 10.5 Å². The van der Waals surface area contributed by atoms with Gasteiger partial charge in [0.25, 0.3) is 0 Å². The molecule has 0 aliphatic carbocycles. The quantitative estimate of drug-likeness (QED) is 0.848. The van der Waals surface area contributed by atoms with Crippen molar-refractivity contribution in [3.63, 3.8) is 0 Å². The Morgan fingerprint density at radius 1 is 1.45 bits per heavy atom. The predicted molar refractivity (Wildman–Crippen MR) is 79.4 cm³/mol. The zero-order valence-corrected chi connectivity index (χ0v) is 12.0. The number of anilines is 1. The van der Waals surface area contributed by atoms with Crippen molar-refractivity contribution in [2.45, 2.75) is 25.9 Å². The molecule has 110 valence electrons. The van der Waals surface area contributed by atoms with E-state index < -0.39 is 0 Å². The topological polar surface area (TPSA) is 67.6 Å². The number of carbonyl (C=O) groups excluding carboxylic acids is 1. The van der Waals surface area contributed by atoms with Crippen LogP contribution in [-0.2, 0) is 16.1 Å². The summed E-state index contributed by atoms with van der Waals surface area (Å²) < 4.78 is 5.38. The molecule has 0 aromatic heterocycles. The van der Waals surface area contributed by atoms with Crippen molar-refractivity contribution < 1.29 is 9.53 Å². The van der Waals surface area contributed by atoms with E-state index in [0.717, 1.165) is 37.6 Å². The lowest BCUT2D eigenvalue weighted by atomic mass is 10.2. The van der Waals surface area contributed by atoms with E-state index in [1.165, 1.54) is 0 Å². The Kier molecular flexibility index (Phi) is 5.52. The highest BCUT2D eigenvalue weighted by Gasteiger charge is 2.19. The molecule has 1 aliphatic rings. The van der Waals surface area contributed by atoms with Crippen LogP contribution in [0.2, 0.25) is 0 Å². The van der Waals surface area contributed by atoms with Gasteiger partial charge in [0, 0.05) is 37.8 Å². The van der Waals surface area contributed by atoms with Gasteiger partial charge in [-0.15, -0.1) is 0 Å². The number of nitrogens with zero attached hydrogens (tertiary/aromatic N) is 1. The average molecular weight is 277 g/mol. The zero-order chi connectivity index (χ0) is 14.4.